The van der Waals surface area contributed by atoms with Crippen LogP contribution in [0.3, 0.4) is 0 Å². The lowest BCUT2D eigenvalue weighted by Gasteiger charge is -2.35. The first-order valence-electron chi connectivity index (χ1n) is 4.62. The van der Waals surface area contributed by atoms with E-state index in [1.807, 2.05) is 0 Å². The number of hydrazine groups is 1. The van der Waals surface area contributed by atoms with E-state index in [-0.39, 0.29) is 0 Å². The van der Waals surface area contributed by atoms with E-state index >= 15 is 0 Å². The van der Waals surface area contributed by atoms with Crippen molar-refractivity contribution in [2.24, 2.45) is 0 Å². The Labute approximate surface area is 70.1 Å². The summed E-state index contributed by atoms with van der Waals surface area (Å²) in [5, 5.41) is 4.55. The smallest absolute Gasteiger partial charge is 0.0242 e. The van der Waals surface area contributed by atoms with Crippen molar-refractivity contribution in [3.05, 3.63) is 0 Å². The molecule has 0 atom stereocenters. The van der Waals surface area contributed by atoms with Crippen molar-refractivity contribution in [3.8, 4) is 0 Å². The van der Waals surface area contributed by atoms with Gasteiger partial charge in [0, 0.05) is 27.2 Å². The van der Waals surface area contributed by atoms with E-state index in [0.717, 1.165) is 6.04 Å². The minimum Gasteiger partial charge on any atom is -0.248 e. The van der Waals surface area contributed by atoms with Crippen LogP contribution in [0.2, 0.25) is 0 Å². The van der Waals surface area contributed by atoms with E-state index in [9.17, 15) is 0 Å². The Bertz CT molecular complexity index is 106. The number of nitrogens with zero attached hydrogens (tertiary/aromatic N) is 2. The molecule has 0 saturated heterocycles. The molecule has 1 fully saturated rings. The molecule has 66 valence electrons. The summed E-state index contributed by atoms with van der Waals surface area (Å²) in [5.74, 6) is 0. The van der Waals surface area contributed by atoms with Crippen LogP contribution in [0.15, 0.2) is 0 Å². The molecule has 0 bridgehead atoms. The highest BCUT2D eigenvalue weighted by Crippen LogP contribution is 2.21. The lowest BCUT2D eigenvalue weighted by Crippen LogP contribution is -2.42. The molecule has 1 aliphatic carbocycles. The summed E-state index contributed by atoms with van der Waals surface area (Å²) < 4.78 is 0. The van der Waals surface area contributed by atoms with Crippen LogP contribution in [0.25, 0.3) is 0 Å². The van der Waals surface area contributed by atoms with Crippen molar-refractivity contribution in [1.82, 2.24) is 10.0 Å². The molecule has 11 heavy (non-hydrogen) atoms. The Balaban J connectivity index is 2.32. The van der Waals surface area contributed by atoms with Gasteiger partial charge in [0.25, 0.3) is 0 Å². The summed E-state index contributed by atoms with van der Waals surface area (Å²) >= 11 is 0. The molecule has 0 aromatic carbocycles. The lowest BCUT2D eigenvalue weighted by molar-refractivity contribution is -0.00455. The van der Waals surface area contributed by atoms with E-state index in [0.29, 0.717) is 0 Å². The Morgan fingerprint density at radius 1 is 0.909 bits per heavy atom. The third kappa shape index (κ3) is 2.46. The van der Waals surface area contributed by atoms with Gasteiger partial charge in [0.15, 0.2) is 0 Å². The molecule has 0 unspecified atom stereocenters. The summed E-state index contributed by atoms with van der Waals surface area (Å²) in [6.07, 6.45) is 7.05. The molecule has 0 aromatic rings. The summed E-state index contributed by atoms with van der Waals surface area (Å²) in [4.78, 5) is 0. The molecule has 0 radical (unpaired) electrons. The first kappa shape index (κ1) is 9.01. The molecule has 1 aliphatic rings. The molecule has 2 heteroatoms. The quantitative estimate of drug-likeness (QED) is 0.562. The lowest BCUT2D eigenvalue weighted by atomic mass is 9.95. The van der Waals surface area contributed by atoms with E-state index in [4.69, 9.17) is 0 Å². The van der Waals surface area contributed by atoms with Crippen LogP contribution in [0.5, 0.6) is 0 Å². The Kier molecular flexibility index (Phi) is 3.34. The molecule has 0 heterocycles. The first-order chi connectivity index (χ1) is 5.22. The highest BCUT2D eigenvalue weighted by molar-refractivity contribution is 4.70. The van der Waals surface area contributed by atoms with Crippen LogP contribution in [-0.2, 0) is 0 Å². The molecule has 2 nitrogen and oxygen atoms in total. The second kappa shape index (κ2) is 4.07. The second-order valence-electron chi connectivity index (χ2n) is 3.71. The molecule has 1 saturated carbocycles. The molecule has 0 amide bonds. The average Bonchev–Trinajstić information content (AvgIpc) is 2.05. The van der Waals surface area contributed by atoms with Gasteiger partial charge in [0.1, 0.15) is 0 Å². The first-order valence-corrected chi connectivity index (χ1v) is 4.62. The average molecular weight is 156 g/mol. The predicted molar refractivity (Wildman–Crippen MR) is 48.3 cm³/mol. The van der Waals surface area contributed by atoms with Gasteiger partial charge < -0.3 is 0 Å². The second-order valence-corrected chi connectivity index (χ2v) is 3.71. The topological polar surface area (TPSA) is 6.48 Å². The van der Waals surface area contributed by atoms with Crippen LogP contribution < -0.4 is 0 Å². The molecule has 0 aromatic heterocycles. The zero-order valence-electron chi connectivity index (χ0n) is 8.01. The van der Waals surface area contributed by atoms with Gasteiger partial charge in [-0.15, -0.1) is 0 Å². The van der Waals surface area contributed by atoms with Crippen LogP contribution in [0.1, 0.15) is 32.1 Å². The van der Waals surface area contributed by atoms with Gasteiger partial charge in [-0.2, -0.15) is 0 Å². The fourth-order valence-corrected chi connectivity index (χ4v) is 1.78. The van der Waals surface area contributed by atoms with Gasteiger partial charge in [-0.05, 0) is 12.8 Å². The van der Waals surface area contributed by atoms with E-state index in [1.54, 1.807) is 0 Å². The van der Waals surface area contributed by atoms with Crippen molar-refractivity contribution in [2.45, 2.75) is 38.1 Å². The fraction of sp³-hybridized carbons (Fsp3) is 1.00. The number of hydrogen-bond donors (Lipinski definition) is 0. The number of rotatable bonds is 2. The molecular formula is C9H20N2. The van der Waals surface area contributed by atoms with Crippen LogP contribution in [0, 0.1) is 0 Å². The van der Waals surface area contributed by atoms with E-state index < -0.39 is 0 Å². The Hall–Kier alpha value is -0.0800. The van der Waals surface area contributed by atoms with E-state index in [1.165, 1.54) is 32.1 Å². The maximum absolute atomic E-state index is 2.36. The molecular weight excluding hydrogens is 136 g/mol. The molecule has 0 N–H and O–H groups in total. The van der Waals surface area contributed by atoms with Crippen LogP contribution >= 0.6 is 0 Å². The normalized spacial score (nSPS) is 21.5. The zero-order valence-corrected chi connectivity index (χ0v) is 8.01. The predicted octanol–water partition coefficient (Wildman–Crippen LogP) is 1.73. The minimum absolute atomic E-state index is 0.804. The fourth-order valence-electron chi connectivity index (χ4n) is 1.78. The number of hydrogen-bond acceptors (Lipinski definition) is 2. The van der Waals surface area contributed by atoms with Gasteiger partial charge >= 0.3 is 0 Å². The highest BCUT2D eigenvalue weighted by Gasteiger charge is 2.18. The third-order valence-electron chi connectivity index (χ3n) is 2.73. The van der Waals surface area contributed by atoms with Crippen molar-refractivity contribution >= 4 is 0 Å². The largest absolute Gasteiger partial charge is 0.248 e. The molecule has 0 spiro atoms. The maximum Gasteiger partial charge on any atom is 0.0242 e. The van der Waals surface area contributed by atoms with Gasteiger partial charge in [0.05, 0.1) is 0 Å². The zero-order chi connectivity index (χ0) is 8.27. The third-order valence-corrected chi connectivity index (χ3v) is 2.73. The summed E-state index contributed by atoms with van der Waals surface area (Å²) in [5.41, 5.74) is 0. The summed E-state index contributed by atoms with van der Waals surface area (Å²) in [6.45, 7) is 0. The Morgan fingerprint density at radius 3 is 1.91 bits per heavy atom. The van der Waals surface area contributed by atoms with Gasteiger partial charge in [-0.1, -0.05) is 19.3 Å². The SMILES string of the molecule is CN(C)N(C)C1CCCCC1. The minimum atomic E-state index is 0.804. The van der Waals surface area contributed by atoms with Gasteiger partial charge in [-0.3, -0.25) is 0 Å². The maximum atomic E-state index is 2.36. The highest BCUT2D eigenvalue weighted by atomic mass is 15.6. The summed E-state index contributed by atoms with van der Waals surface area (Å²) in [7, 11) is 6.43. The van der Waals surface area contributed by atoms with Crippen molar-refractivity contribution in [3.63, 3.8) is 0 Å². The van der Waals surface area contributed by atoms with Gasteiger partial charge in [0.2, 0.25) is 0 Å². The monoisotopic (exact) mass is 156 g/mol. The van der Waals surface area contributed by atoms with Crippen molar-refractivity contribution < 1.29 is 0 Å². The van der Waals surface area contributed by atoms with Crippen molar-refractivity contribution in [2.75, 3.05) is 21.1 Å². The van der Waals surface area contributed by atoms with Crippen LogP contribution in [-0.4, -0.2) is 37.2 Å². The summed E-state index contributed by atoms with van der Waals surface area (Å²) in [6, 6.07) is 0.804. The molecule has 1 rings (SSSR count). The van der Waals surface area contributed by atoms with Crippen molar-refractivity contribution in [1.29, 1.82) is 0 Å². The Morgan fingerprint density at radius 2 is 1.45 bits per heavy atom. The molecule has 0 aliphatic heterocycles. The van der Waals surface area contributed by atoms with E-state index in [2.05, 4.69) is 31.2 Å². The van der Waals surface area contributed by atoms with Crippen LogP contribution in [0.4, 0.5) is 0 Å². The standard InChI is InChI=1S/C9H20N2/c1-10(2)11(3)9-7-5-4-6-8-9/h9H,4-8H2,1-3H3. The van der Waals surface area contributed by atoms with Gasteiger partial charge in [-0.25, -0.2) is 10.0 Å².